The zero-order valence-electron chi connectivity index (χ0n) is 14.6. The molecular formula is C21H20N2O3. The Labute approximate surface area is 151 Å². The number of fused-ring (bicyclic) bond motifs is 1. The molecule has 3 rings (SSSR count). The number of nitrogens with zero attached hydrogens (tertiary/aromatic N) is 1. The van der Waals surface area contributed by atoms with Crippen molar-refractivity contribution in [2.45, 2.75) is 19.8 Å². The van der Waals surface area contributed by atoms with Crippen molar-refractivity contribution in [1.29, 1.82) is 0 Å². The quantitative estimate of drug-likeness (QED) is 0.399. The number of benzene rings is 2. The van der Waals surface area contributed by atoms with Crippen molar-refractivity contribution < 1.29 is 14.7 Å². The molecule has 3 aromatic rings. The smallest absolute Gasteiger partial charge is 0.267 e. The lowest BCUT2D eigenvalue weighted by atomic mass is 10.0. The van der Waals surface area contributed by atoms with Gasteiger partial charge in [0.15, 0.2) is 0 Å². The van der Waals surface area contributed by atoms with Crippen molar-refractivity contribution in [3.63, 3.8) is 0 Å². The van der Waals surface area contributed by atoms with Crippen LogP contribution in [0.3, 0.4) is 0 Å². The molecule has 0 aliphatic carbocycles. The van der Waals surface area contributed by atoms with Crippen LogP contribution in [-0.4, -0.2) is 16.1 Å². The van der Waals surface area contributed by atoms with Gasteiger partial charge in [-0.05, 0) is 54.0 Å². The molecule has 0 saturated carbocycles. The maximum Gasteiger partial charge on any atom is 0.267 e. The lowest BCUT2D eigenvalue weighted by Gasteiger charge is -2.09. The van der Waals surface area contributed by atoms with Gasteiger partial charge in [-0.3, -0.25) is 10.0 Å². The summed E-state index contributed by atoms with van der Waals surface area (Å²) in [7, 11) is 0. The molecule has 2 aromatic carbocycles. The van der Waals surface area contributed by atoms with Gasteiger partial charge in [-0.1, -0.05) is 32.0 Å². The molecule has 0 aliphatic rings. The van der Waals surface area contributed by atoms with Crippen LogP contribution < -0.4 is 10.2 Å². The fourth-order valence-corrected chi connectivity index (χ4v) is 2.53. The lowest BCUT2D eigenvalue weighted by Crippen LogP contribution is -2.14. The van der Waals surface area contributed by atoms with Gasteiger partial charge in [-0.2, -0.15) is 0 Å². The Morgan fingerprint density at radius 3 is 2.50 bits per heavy atom. The summed E-state index contributed by atoms with van der Waals surface area (Å²) in [5.41, 5.74) is 4.23. The second-order valence-electron chi connectivity index (χ2n) is 6.23. The minimum Gasteiger partial charge on any atom is -0.457 e. The van der Waals surface area contributed by atoms with E-state index in [1.54, 1.807) is 11.5 Å². The summed E-state index contributed by atoms with van der Waals surface area (Å²) >= 11 is 0. The largest absolute Gasteiger partial charge is 0.457 e. The highest BCUT2D eigenvalue weighted by atomic mass is 16.5. The number of rotatable bonds is 5. The van der Waals surface area contributed by atoms with Crippen molar-refractivity contribution in [3.8, 4) is 11.5 Å². The van der Waals surface area contributed by atoms with Gasteiger partial charge < -0.3 is 4.74 Å². The van der Waals surface area contributed by atoms with Crippen LogP contribution in [0.15, 0.2) is 60.7 Å². The Morgan fingerprint density at radius 2 is 1.81 bits per heavy atom. The zero-order valence-corrected chi connectivity index (χ0v) is 14.6. The van der Waals surface area contributed by atoms with Crippen LogP contribution in [0, 0.1) is 0 Å². The highest BCUT2D eigenvalue weighted by Gasteiger charge is 2.03. The molecule has 132 valence electrons. The predicted octanol–water partition coefficient (Wildman–Crippen LogP) is 4.67. The van der Waals surface area contributed by atoms with Crippen molar-refractivity contribution in [2.24, 2.45) is 0 Å². The number of ether oxygens (including phenoxy) is 1. The topological polar surface area (TPSA) is 71.5 Å². The van der Waals surface area contributed by atoms with Gasteiger partial charge in [-0.15, -0.1) is 0 Å². The summed E-state index contributed by atoms with van der Waals surface area (Å²) in [6.07, 6.45) is 2.75. The maximum absolute atomic E-state index is 11.0. The number of hydroxylamine groups is 1. The number of aromatic nitrogens is 1. The minimum absolute atomic E-state index is 0.488. The molecular weight excluding hydrogens is 328 g/mol. The summed E-state index contributed by atoms with van der Waals surface area (Å²) in [6.45, 7) is 4.32. The highest BCUT2D eigenvalue weighted by molar-refractivity contribution is 5.91. The molecule has 1 aromatic heterocycles. The van der Waals surface area contributed by atoms with E-state index in [0.29, 0.717) is 11.6 Å². The molecule has 26 heavy (non-hydrogen) atoms. The first-order valence-corrected chi connectivity index (χ1v) is 8.36. The Balaban J connectivity index is 1.78. The van der Waals surface area contributed by atoms with Crippen LogP contribution in [0.5, 0.6) is 11.5 Å². The third kappa shape index (κ3) is 4.26. The third-order valence-corrected chi connectivity index (χ3v) is 3.98. The summed E-state index contributed by atoms with van der Waals surface area (Å²) in [6, 6.07) is 17.4. The lowest BCUT2D eigenvalue weighted by molar-refractivity contribution is -0.124. The molecule has 0 fully saturated rings. The van der Waals surface area contributed by atoms with Crippen LogP contribution in [0.4, 0.5) is 0 Å². The third-order valence-electron chi connectivity index (χ3n) is 3.98. The molecule has 0 bridgehead atoms. The van der Waals surface area contributed by atoms with E-state index in [-0.39, 0.29) is 0 Å². The summed E-state index contributed by atoms with van der Waals surface area (Å²) in [5, 5.41) is 9.43. The van der Waals surface area contributed by atoms with E-state index in [9.17, 15) is 4.79 Å². The fourth-order valence-electron chi connectivity index (χ4n) is 2.53. The molecule has 0 atom stereocenters. The summed E-state index contributed by atoms with van der Waals surface area (Å²) < 4.78 is 5.92. The number of amides is 1. The average molecular weight is 348 g/mol. The van der Waals surface area contributed by atoms with Crippen LogP contribution in [0.1, 0.15) is 31.0 Å². The molecule has 0 unspecified atom stereocenters. The van der Waals surface area contributed by atoms with Crippen LogP contribution in [0.2, 0.25) is 0 Å². The molecule has 0 saturated heterocycles. The molecule has 5 nitrogen and oxygen atoms in total. The zero-order chi connectivity index (χ0) is 18.5. The van der Waals surface area contributed by atoms with E-state index in [1.807, 2.05) is 36.4 Å². The Kier molecular flexibility index (Phi) is 5.29. The first-order chi connectivity index (χ1) is 12.5. The van der Waals surface area contributed by atoms with Gasteiger partial charge in [0.05, 0.1) is 11.2 Å². The molecule has 2 N–H and O–H groups in total. The van der Waals surface area contributed by atoms with Crippen molar-refractivity contribution >= 4 is 22.9 Å². The van der Waals surface area contributed by atoms with Crippen molar-refractivity contribution in [2.75, 3.05) is 0 Å². The number of hydrogen-bond donors (Lipinski definition) is 2. The van der Waals surface area contributed by atoms with Gasteiger partial charge in [-0.25, -0.2) is 10.5 Å². The molecule has 0 spiro atoms. The second-order valence-corrected chi connectivity index (χ2v) is 6.23. The first-order valence-electron chi connectivity index (χ1n) is 8.36. The SMILES string of the molecule is CC(C)c1ccc(Oc2ccc3nc(/C=C/C(=O)NO)ccc3c2)cc1. The van der Waals surface area contributed by atoms with E-state index in [0.717, 1.165) is 22.4 Å². The van der Waals surface area contributed by atoms with Crippen LogP contribution in [0.25, 0.3) is 17.0 Å². The van der Waals surface area contributed by atoms with E-state index >= 15 is 0 Å². The van der Waals surface area contributed by atoms with Gasteiger partial charge >= 0.3 is 0 Å². The van der Waals surface area contributed by atoms with Gasteiger partial charge in [0.1, 0.15) is 11.5 Å². The number of pyridine rings is 1. The van der Waals surface area contributed by atoms with Crippen molar-refractivity contribution in [3.05, 3.63) is 71.9 Å². The van der Waals surface area contributed by atoms with Crippen LogP contribution >= 0.6 is 0 Å². The van der Waals surface area contributed by atoms with Gasteiger partial charge in [0.25, 0.3) is 5.91 Å². The van der Waals surface area contributed by atoms with E-state index < -0.39 is 5.91 Å². The normalized spacial score (nSPS) is 11.2. The van der Waals surface area contributed by atoms with Crippen molar-refractivity contribution in [1.82, 2.24) is 10.5 Å². The Morgan fingerprint density at radius 1 is 1.08 bits per heavy atom. The standard InChI is InChI=1S/C21H20N2O3/c1-14(2)15-4-8-18(9-5-15)26-19-10-11-20-16(13-19)3-6-17(22-20)7-12-21(24)23-25/h3-14,25H,1-2H3,(H,23,24)/b12-7+. The summed E-state index contributed by atoms with van der Waals surface area (Å²) in [4.78, 5) is 15.5. The second kappa shape index (κ2) is 7.80. The van der Waals surface area contributed by atoms with E-state index in [1.165, 1.54) is 17.7 Å². The number of carbonyl (C=O) groups is 1. The highest BCUT2D eigenvalue weighted by Crippen LogP contribution is 2.26. The number of nitrogens with one attached hydrogen (secondary N) is 1. The van der Waals surface area contributed by atoms with Gasteiger partial charge in [0.2, 0.25) is 0 Å². The number of hydrogen-bond acceptors (Lipinski definition) is 4. The van der Waals surface area contributed by atoms with E-state index in [2.05, 4.69) is 31.0 Å². The maximum atomic E-state index is 11.0. The molecule has 5 heteroatoms. The first kappa shape index (κ1) is 17.6. The molecule has 1 amide bonds. The van der Waals surface area contributed by atoms with E-state index in [4.69, 9.17) is 9.94 Å². The predicted molar refractivity (Wildman–Crippen MR) is 101 cm³/mol. The Bertz CT molecular complexity index is 947. The average Bonchev–Trinajstić information content (AvgIpc) is 2.66. The van der Waals surface area contributed by atoms with Gasteiger partial charge in [0, 0.05) is 11.5 Å². The fraction of sp³-hybridized carbons (Fsp3) is 0.143. The summed E-state index contributed by atoms with van der Waals surface area (Å²) in [5.74, 6) is 1.41. The monoisotopic (exact) mass is 348 g/mol. The van der Waals surface area contributed by atoms with Crippen LogP contribution in [-0.2, 0) is 4.79 Å². The Hall–Kier alpha value is -3.18. The molecule has 0 aliphatic heterocycles. The minimum atomic E-state index is -0.598. The molecule has 0 radical (unpaired) electrons. The molecule has 1 heterocycles. The number of carbonyl (C=O) groups excluding carboxylic acids is 1.